The van der Waals surface area contributed by atoms with Crippen LogP contribution in [0.2, 0.25) is 5.02 Å². The van der Waals surface area contributed by atoms with E-state index in [1.54, 1.807) is 0 Å². The first-order valence-corrected chi connectivity index (χ1v) is 6.77. The smallest absolute Gasteiger partial charge is 0.141 e. The molecule has 2 nitrogen and oxygen atoms in total. The lowest BCUT2D eigenvalue weighted by Gasteiger charge is -2.18. The lowest BCUT2D eigenvalue weighted by Crippen LogP contribution is -2.30. The van der Waals surface area contributed by atoms with Crippen molar-refractivity contribution < 1.29 is 9.13 Å². The molecule has 0 saturated heterocycles. The Kier molecular flexibility index (Phi) is 6.23. The van der Waals surface area contributed by atoms with Crippen LogP contribution in [0, 0.1) is 5.82 Å². The van der Waals surface area contributed by atoms with Crippen molar-refractivity contribution in [2.45, 2.75) is 26.4 Å². The van der Waals surface area contributed by atoms with Crippen LogP contribution in [0.25, 0.3) is 0 Å². The first kappa shape index (κ1) is 14.7. The summed E-state index contributed by atoms with van der Waals surface area (Å²) in [5.41, 5.74) is 0. The standard InChI is InChI=1S/C12H16BrClFNO/c1-3-8(7-16-4-2)17-12-6-11(15)9(13)5-10(12)14/h5-6,8,16H,3-4,7H2,1-2H3. The molecule has 1 N–H and O–H groups in total. The van der Waals surface area contributed by atoms with Crippen molar-refractivity contribution >= 4 is 27.5 Å². The van der Waals surface area contributed by atoms with Crippen LogP contribution >= 0.6 is 27.5 Å². The van der Waals surface area contributed by atoms with Gasteiger partial charge in [0.2, 0.25) is 0 Å². The molecule has 1 aromatic rings. The number of hydrogen-bond donors (Lipinski definition) is 1. The molecule has 0 aliphatic carbocycles. The molecule has 1 atom stereocenters. The van der Waals surface area contributed by atoms with E-state index in [1.165, 1.54) is 12.1 Å². The van der Waals surface area contributed by atoms with Gasteiger partial charge in [0, 0.05) is 12.6 Å². The fourth-order valence-corrected chi connectivity index (χ4v) is 2.03. The molecule has 96 valence electrons. The number of hydrogen-bond acceptors (Lipinski definition) is 2. The second-order valence-corrected chi connectivity index (χ2v) is 4.91. The maximum atomic E-state index is 13.4. The number of rotatable bonds is 6. The summed E-state index contributed by atoms with van der Waals surface area (Å²) in [4.78, 5) is 0. The summed E-state index contributed by atoms with van der Waals surface area (Å²) < 4.78 is 19.4. The zero-order valence-corrected chi connectivity index (χ0v) is 12.2. The number of halogens is 3. The van der Waals surface area contributed by atoms with Crippen molar-refractivity contribution in [1.82, 2.24) is 5.32 Å². The minimum atomic E-state index is -0.372. The largest absolute Gasteiger partial charge is 0.487 e. The summed E-state index contributed by atoms with van der Waals surface area (Å²) >= 11 is 9.07. The van der Waals surface area contributed by atoms with Gasteiger partial charge >= 0.3 is 0 Å². The van der Waals surface area contributed by atoms with E-state index in [0.717, 1.165) is 19.5 Å². The highest BCUT2D eigenvalue weighted by Gasteiger charge is 2.12. The molecule has 0 aliphatic heterocycles. The van der Waals surface area contributed by atoms with Gasteiger partial charge in [-0.3, -0.25) is 0 Å². The molecule has 0 saturated carbocycles. The van der Waals surface area contributed by atoms with Gasteiger partial charge < -0.3 is 10.1 Å². The van der Waals surface area contributed by atoms with Gasteiger partial charge in [-0.15, -0.1) is 0 Å². The predicted molar refractivity (Wildman–Crippen MR) is 72.4 cm³/mol. The number of ether oxygens (including phenoxy) is 1. The zero-order chi connectivity index (χ0) is 12.8. The minimum absolute atomic E-state index is 0.00646. The Morgan fingerprint density at radius 1 is 1.47 bits per heavy atom. The maximum absolute atomic E-state index is 13.4. The molecule has 1 aromatic carbocycles. The Bertz CT molecular complexity index is 376. The summed E-state index contributed by atoms with van der Waals surface area (Å²) in [5, 5.41) is 3.60. The van der Waals surface area contributed by atoms with Gasteiger partial charge in [0.05, 0.1) is 9.50 Å². The second-order valence-electron chi connectivity index (χ2n) is 3.65. The molecule has 1 unspecified atom stereocenters. The molecule has 0 spiro atoms. The fourth-order valence-electron chi connectivity index (χ4n) is 1.35. The minimum Gasteiger partial charge on any atom is -0.487 e. The van der Waals surface area contributed by atoms with Gasteiger partial charge in [-0.05, 0) is 35.0 Å². The molecule has 17 heavy (non-hydrogen) atoms. The molecule has 0 radical (unpaired) electrons. The van der Waals surface area contributed by atoms with Gasteiger partial charge in [-0.25, -0.2) is 4.39 Å². The molecule has 0 bridgehead atoms. The molecule has 5 heteroatoms. The van der Waals surface area contributed by atoms with Crippen LogP contribution in [0.15, 0.2) is 16.6 Å². The van der Waals surface area contributed by atoms with Crippen molar-refractivity contribution in [3.63, 3.8) is 0 Å². The number of nitrogens with one attached hydrogen (secondary N) is 1. The third kappa shape index (κ3) is 4.45. The van der Waals surface area contributed by atoms with Crippen LogP contribution in [-0.2, 0) is 0 Å². The van der Waals surface area contributed by atoms with Crippen LogP contribution in [0.1, 0.15) is 20.3 Å². The topological polar surface area (TPSA) is 21.3 Å². The van der Waals surface area contributed by atoms with E-state index in [1.807, 2.05) is 13.8 Å². The summed E-state index contributed by atoms with van der Waals surface area (Å²) in [6.07, 6.45) is 0.828. The Morgan fingerprint density at radius 2 is 2.18 bits per heavy atom. The Hall–Kier alpha value is -0.320. The summed E-state index contributed by atoms with van der Waals surface area (Å²) in [7, 11) is 0. The molecule has 0 heterocycles. The van der Waals surface area contributed by atoms with Crippen LogP contribution in [0.5, 0.6) is 5.75 Å². The molecule has 0 aromatic heterocycles. The van der Waals surface area contributed by atoms with E-state index < -0.39 is 0 Å². The molecule has 0 amide bonds. The summed E-state index contributed by atoms with van der Waals surface area (Å²) in [5.74, 6) is 0.0137. The quantitative estimate of drug-likeness (QED) is 0.798. The van der Waals surface area contributed by atoms with E-state index in [4.69, 9.17) is 16.3 Å². The highest BCUT2D eigenvalue weighted by atomic mass is 79.9. The maximum Gasteiger partial charge on any atom is 0.141 e. The van der Waals surface area contributed by atoms with Gasteiger partial charge in [-0.2, -0.15) is 0 Å². The summed E-state index contributed by atoms with van der Waals surface area (Å²) in [6, 6.07) is 2.81. The van der Waals surface area contributed by atoms with Gasteiger partial charge in [-0.1, -0.05) is 25.4 Å². The molecule has 0 aliphatic rings. The van der Waals surface area contributed by atoms with Crippen molar-refractivity contribution in [1.29, 1.82) is 0 Å². The van der Waals surface area contributed by atoms with Crippen LogP contribution < -0.4 is 10.1 Å². The van der Waals surface area contributed by atoms with Gasteiger partial charge in [0.15, 0.2) is 0 Å². The third-order valence-corrected chi connectivity index (χ3v) is 3.25. The Balaban J connectivity index is 2.75. The third-order valence-electron chi connectivity index (χ3n) is 2.35. The second kappa shape index (κ2) is 7.19. The molecular weight excluding hydrogens is 308 g/mol. The fraction of sp³-hybridized carbons (Fsp3) is 0.500. The van der Waals surface area contributed by atoms with E-state index in [-0.39, 0.29) is 11.9 Å². The average Bonchev–Trinajstić information content (AvgIpc) is 2.30. The van der Waals surface area contributed by atoms with Gasteiger partial charge in [0.1, 0.15) is 17.7 Å². The van der Waals surface area contributed by atoms with Crippen molar-refractivity contribution in [3.05, 3.63) is 27.4 Å². The van der Waals surface area contributed by atoms with Gasteiger partial charge in [0.25, 0.3) is 0 Å². The highest BCUT2D eigenvalue weighted by molar-refractivity contribution is 9.10. The molecule has 0 fully saturated rings. The highest BCUT2D eigenvalue weighted by Crippen LogP contribution is 2.31. The predicted octanol–water partition coefficient (Wildman–Crippen LogP) is 4.01. The normalized spacial score (nSPS) is 12.5. The molecule has 1 rings (SSSR count). The van der Waals surface area contributed by atoms with Crippen LogP contribution in [0.4, 0.5) is 4.39 Å². The number of likely N-dealkylation sites (N-methyl/N-ethyl adjacent to an activating group) is 1. The lowest BCUT2D eigenvalue weighted by atomic mass is 10.2. The van der Waals surface area contributed by atoms with Crippen molar-refractivity contribution in [2.24, 2.45) is 0 Å². The Morgan fingerprint density at radius 3 is 2.76 bits per heavy atom. The van der Waals surface area contributed by atoms with E-state index in [9.17, 15) is 4.39 Å². The van der Waals surface area contributed by atoms with Crippen molar-refractivity contribution in [3.8, 4) is 5.75 Å². The zero-order valence-electron chi connectivity index (χ0n) is 9.90. The Labute approximate surface area is 115 Å². The monoisotopic (exact) mass is 323 g/mol. The SMILES string of the molecule is CCNCC(CC)Oc1cc(F)c(Br)cc1Cl. The molecular formula is C12H16BrClFNO. The lowest BCUT2D eigenvalue weighted by molar-refractivity contribution is 0.193. The first-order chi connectivity index (χ1) is 8.08. The van der Waals surface area contributed by atoms with E-state index >= 15 is 0 Å². The van der Waals surface area contributed by atoms with Crippen molar-refractivity contribution in [2.75, 3.05) is 13.1 Å². The summed E-state index contributed by atoms with van der Waals surface area (Å²) in [6.45, 7) is 5.65. The average molecular weight is 325 g/mol. The van der Waals surface area contributed by atoms with Crippen LogP contribution in [-0.4, -0.2) is 19.2 Å². The van der Waals surface area contributed by atoms with E-state index in [2.05, 4.69) is 21.2 Å². The number of benzene rings is 1. The van der Waals surface area contributed by atoms with Crippen LogP contribution in [0.3, 0.4) is 0 Å². The first-order valence-electron chi connectivity index (χ1n) is 5.60. The van der Waals surface area contributed by atoms with E-state index in [0.29, 0.717) is 15.2 Å².